The molecule has 0 aliphatic heterocycles. The molecule has 1 amide bonds. The number of halogens is 1. The van der Waals surface area contributed by atoms with Gasteiger partial charge in [-0.15, -0.1) is 12.4 Å². The molecule has 0 aromatic heterocycles. The molecule has 102 valence electrons. The third-order valence-corrected chi connectivity index (χ3v) is 2.17. The quantitative estimate of drug-likeness (QED) is 0.589. The van der Waals surface area contributed by atoms with Gasteiger partial charge in [0.1, 0.15) is 6.61 Å². The average molecular weight is 275 g/mol. The van der Waals surface area contributed by atoms with Crippen molar-refractivity contribution >= 4 is 18.5 Å². The van der Waals surface area contributed by atoms with Gasteiger partial charge < -0.3 is 14.9 Å². The molecule has 0 heterocycles. The van der Waals surface area contributed by atoms with Crippen molar-refractivity contribution in [3.63, 3.8) is 0 Å². The first-order valence-electron chi connectivity index (χ1n) is 5.59. The van der Waals surface area contributed by atoms with Crippen LogP contribution in [-0.4, -0.2) is 19.2 Å². The Balaban J connectivity index is 0.00000289. The highest BCUT2D eigenvalue weighted by Gasteiger charge is 2.01. The molecule has 0 fully saturated rings. The largest absolute Gasteiger partial charge is 0.445 e. The normalized spacial score (nSPS) is 9.39. The molecule has 18 heavy (non-hydrogen) atoms. The maximum atomic E-state index is 11.3. The lowest BCUT2D eigenvalue weighted by Gasteiger charge is -2.06. The molecular formula is C12H19ClN2O3. The van der Waals surface area contributed by atoms with Gasteiger partial charge in [-0.05, 0) is 18.4 Å². The van der Waals surface area contributed by atoms with Crippen molar-refractivity contribution < 1.29 is 14.4 Å². The summed E-state index contributed by atoms with van der Waals surface area (Å²) in [5.41, 5.74) is 0.971. The fourth-order valence-electron chi connectivity index (χ4n) is 1.27. The molecule has 0 atom stereocenters. The highest BCUT2D eigenvalue weighted by Crippen LogP contribution is 2.00. The lowest BCUT2D eigenvalue weighted by Crippen LogP contribution is -2.25. The number of nitrogens with one attached hydrogen (secondary N) is 1. The summed E-state index contributed by atoms with van der Waals surface area (Å²) < 4.78 is 5.03. The molecule has 3 N–H and O–H groups in total. The van der Waals surface area contributed by atoms with E-state index in [0.717, 1.165) is 18.4 Å². The van der Waals surface area contributed by atoms with Crippen molar-refractivity contribution in [1.29, 1.82) is 0 Å². The lowest BCUT2D eigenvalue weighted by atomic mass is 10.2. The second-order valence-corrected chi connectivity index (χ2v) is 3.57. The molecule has 1 aromatic carbocycles. The highest BCUT2D eigenvalue weighted by molar-refractivity contribution is 5.85. The van der Waals surface area contributed by atoms with Gasteiger partial charge in [-0.3, -0.25) is 0 Å². The van der Waals surface area contributed by atoms with E-state index in [4.69, 9.17) is 10.6 Å². The van der Waals surface area contributed by atoms with Crippen molar-refractivity contribution in [3.8, 4) is 0 Å². The summed E-state index contributed by atoms with van der Waals surface area (Å²) in [6, 6.07) is 9.55. The van der Waals surface area contributed by atoms with E-state index in [0.29, 0.717) is 19.8 Å². The van der Waals surface area contributed by atoms with Crippen LogP contribution in [0.3, 0.4) is 0 Å². The van der Waals surface area contributed by atoms with Crippen LogP contribution in [0.5, 0.6) is 0 Å². The molecule has 0 aliphatic carbocycles. The van der Waals surface area contributed by atoms with E-state index in [1.165, 1.54) is 0 Å². The number of benzene rings is 1. The Bertz CT molecular complexity index is 322. The van der Waals surface area contributed by atoms with Gasteiger partial charge in [0.25, 0.3) is 0 Å². The number of alkyl carbamates (subject to hydrolysis) is 1. The molecule has 0 radical (unpaired) electrons. The van der Waals surface area contributed by atoms with Crippen molar-refractivity contribution in [2.75, 3.05) is 13.2 Å². The fraction of sp³-hybridized carbons (Fsp3) is 0.417. The molecule has 1 rings (SSSR count). The van der Waals surface area contributed by atoms with Crippen molar-refractivity contribution in [1.82, 2.24) is 5.32 Å². The molecule has 0 unspecified atom stereocenters. The zero-order chi connectivity index (χ0) is 12.3. The Morgan fingerprint density at radius 1 is 1.22 bits per heavy atom. The zero-order valence-corrected chi connectivity index (χ0v) is 10.9. The highest BCUT2D eigenvalue weighted by atomic mass is 35.5. The summed E-state index contributed by atoms with van der Waals surface area (Å²) in [5.74, 6) is 4.87. The number of carbonyl (C=O) groups excluding carboxylic acids is 1. The van der Waals surface area contributed by atoms with Crippen molar-refractivity contribution in [2.45, 2.75) is 19.4 Å². The van der Waals surface area contributed by atoms with Crippen LogP contribution < -0.4 is 11.2 Å². The van der Waals surface area contributed by atoms with Crippen molar-refractivity contribution in [2.24, 2.45) is 5.90 Å². The maximum absolute atomic E-state index is 11.3. The van der Waals surface area contributed by atoms with Crippen LogP contribution >= 0.6 is 12.4 Å². The topological polar surface area (TPSA) is 73.6 Å². The number of carbonyl (C=O) groups is 1. The number of nitrogens with two attached hydrogens (primary N) is 1. The van der Waals surface area contributed by atoms with Crippen LogP contribution in [0.1, 0.15) is 18.4 Å². The van der Waals surface area contributed by atoms with Gasteiger partial charge in [0.2, 0.25) is 0 Å². The molecule has 0 saturated heterocycles. The van der Waals surface area contributed by atoms with Gasteiger partial charge >= 0.3 is 6.09 Å². The standard InChI is InChI=1S/C12H18N2O3.ClH/c13-17-9-5-4-8-14-12(15)16-10-11-6-2-1-3-7-11;/h1-3,6-7H,4-5,8-10,13H2,(H,14,15);1H. The minimum atomic E-state index is -0.400. The Labute approximate surface area is 113 Å². The van der Waals surface area contributed by atoms with Crippen molar-refractivity contribution in [3.05, 3.63) is 35.9 Å². The van der Waals surface area contributed by atoms with Gasteiger partial charge in [0, 0.05) is 6.54 Å². The minimum absolute atomic E-state index is 0. The van der Waals surface area contributed by atoms with Crippen LogP contribution in [0.25, 0.3) is 0 Å². The number of amides is 1. The predicted octanol–water partition coefficient (Wildman–Crippen LogP) is 2.01. The summed E-state index contributed by atoms with van der Waals surface area (Å²) in [7, 11) is 0. The van der Waals surface area contributed by atoms with Crippen LogP contribution in [0.4, 0.5) is 4.79 Å². The van der Waals surface area contributed by atoms with Gasteiger partial charge in [-0.2, -0.15) is 0 Å². The Morgan fingerprint density at radius 2 is 1.94 bits per heavy atom. The molecule has 1 aromatic rings. The van der Waals surface area contributed by atoms with Gasteiger partial charge in [0.15, 0.2) is 0 Å². The van der Waals surface area contributed by atoms with Crippen LogP contribution in [-0.2, 0) is 16.2 Å². The number of rotatable bonds is 7. The molecule has 5 nitrogen and oxygen atoms in total. The van der Waals surface area contributed by atoms with E-state index in [2.05, 4.69) is 10.2 Å². The molecular weight excluding hydrogens is 256 g/mol. The lowest BCUT2D eigenvalue weighted by molar-refractivity contribution is 0.130. The second kappa shape index (κ2) is 10.8. The first-order chi connectivity index (χ1) is 8.33. The van der Waals surface area contributed by atoms with E-state index in [9.17, 15) is 4.79 Å². The summed E-state index contributed by atoms with van der Waals surface area (Å²) in [5, 5.41) is 2.65. The summed E-state index contributed by atoms with van der Waals surface area (Å²) in [6.07, 6.45) is 1.23. The first-order valence-corrected chi connectivity index (χ1v) is 5.59. The number of hydrogen-bond acceptors (Lipinski definition) is 4. The predicted molar refractivity (Wildman–Crippen MR) is 71.3 cm³/mol. The van der Waals surface area contributed by atoms with Gasteiger partial charge in [0.05, 0.1) is 6.61 Å². The Morgan fingerprint density at radius 3 is 2.61 bits per heavy atom. The summed E-state index contributed by atoms with van der Waals surface area (Å²) >= 11 is 0. The number of ether oxygens (including phenoxy) is 1. The third kappa shape index (κ3) is 7.89. The zero-order valence-electron chi connectivity index (χ0n) is 10.1. The van der Waals surface area contributed by atoms with Gasteiger partial charge in [-0.25, -0.2) is 10.7 Å². The SMILES string of the molecule is Cl.NOCCCCNC(=O)OCc1ccccc1. The molecule has 0 aliphatic rings. The Kier molecular flexibility index (Phi) is 10.0. The first kappa shape index (κ1) is 16.7. The third-order valence-electron chi connectivity index (χ3n) is 2.17. The summed E-state index contributed by atoms with van der Waals surface area (Å²) in [6.45, 7) is 1.36. The smallest absolute Gasteiger partial charge is 0.407 e. The van der Waals surface area contributed by atoms with E-state index in [1.54, 1.807) is 0 Å². The van der Waals surface area contributed by atoms with E-state index >= 15 is 0 Å². The van der Waals surface area contributed by atoms with Crippen LogP contribution in [0, 0.1) is 0 Å². The summed E-state index contributed by atoms with van der Waals surface area (Å²) in [4.78, 5) is 15.7. The molecule has 0 spiro atoms. The molecule has 0 saturated carbocycles. The van der Waals surface area contributed by atoms with Crippen LogP contribution in [0.2, 0.25) is 0 Å². The Hall–Kier alpha value is -1.30. The molecule has 6 heteroatoms. The number of hydrogen-bond donors (Lipinski definition) is 2. The maximum Gasteiger partial charge on any atom is 0.407 e. The second-order valence-electron chi connectivity index (χ2n) is 3.57. The van der Waals surface area contributed by atoms with E-state index < -0.39 is 6.09 Å². The monoisotopic (exact) mass is 274 g/mol. The fourth-order valence-corrected chi connectivity index (χ4v) is 1.27. The van der Waals surface area contributed by atoms with Gasteiger partial charge in [-0.1, -0.05) is 30.3 Å². The number of unbranched alkanes of at least 4 members (excludes halogenated alkanes) is 1. The minimum Gasteiger partial charge on any atom is -0.445 e. The average Bonchev–Trinajstić information content (AvgIpc) is 2.37. The molecule has 0 bridgehead atoms. The van der Waals surface area contributed by atoms with E-state index in [1.807, 2.05) is 30.3 Å². The van der Waals surface area contributed by atoms with Crippen LogP contribution in [0.15, 0.2) is 30.3 Å². The van der Waals surface area contributed by atoms with E-state index in [-0.39, 0.29) is 12.4 Å².